The van der Waals surface area contributed by atoms with E-state index in [9.17, 15) is 26.0 Å². The van der Waals surface area contributed by atoms with E-state index in [4.69, 9.17) is 0 Å². The van der Waals surface area contributed by atoms with Crippen molar-refractivity contribution in [1.82, 2.24) is 5.32 Å². The molecule has 176 valence electrons. The summed E-state index contributed by atoms with van der Waals surface area (Å²) >= 11 is 1.02. The summed E-state index contributed by atoms with van der Waals surface area (Å²) in [7, 11) is -7.39. The van der Waals surface area contributed by atoms with Gasteiger partial charge < -0.3 is 5.32 Å². The number of hydrogen-bond donors (Lipinski definition) is 1. The van der Waals surface area contributed by atoms with Gasteiger partial charge in [-0.25, -0.2) is 21.2 Å². The van der Waals surface area contributed by atoms with Crippen LogP contribution in [0.15, 0.2) is 75.1 Å². The molecule has 2 aromatic carbocycles. The molecule has 1 amide bonds. The second kappa shape index (κ2) is 10.0. The molecule has 3 rings (SSSR count). The van der Waals surface area contributed by atoms with E-state index >= 15 is 0 Å². The Hall–Kier alpha value is -2.76. The van der Waals surface area contributed by atoms with Crippen LogP contribution in [0.2, 0.25) is 0 Å². The normalized spacial score (nSPS) is 12.8. The average molecular weight is 511 g/mol. The highest BCUT2D eigenvalue weighted by Gasteiger charge is 2.29. The fraction of sp³-hybridized carbons (Fsp3) is 0.227. The fourth-order valence-electron chi connectivity index (χ4n) is 3.18. The van der Waals surface area contributed by atoms with Gasteiger partial charge in [-0.1, -0.05) is 25.1 Å². The maximum Gasteiger partial charge on any atom is 0.274 e. The number of carbonyl (C=O) groups is 1. The van der Waals surface area contributed by atoms with Crippen LogP contribution in [0.1, 0.15) is 24.9 Å². The predicted molar refractivity (Wildman–Crippen MR) is 126 cm³/mol. The standard InChI is InChI=1S/C22H23FN2O5S3/c1-3-20(16-6-12-19(13-7-16)32(2,27)28)24-21(26)15-25(18-10-8-17(23)9-11-18)33(29,30)22-5-4-14-31-22/h4-14,20H,3,15H2,1-2H3,(H,24,26). The summed E-state index contributed by atoms with van der Waals surface area (Å²) in [6.07, 6.45) is 1.61. The number of hydrogen-bond acceptors (Lipinski definition) is 6. The van der Waals surface area contributed by atoms with Crippen LogP contribution < -0.4 is 9.62 Å². The SMILES string of the molecule is CCC(NC(=O)CN(c1ccc(F)cc1)S(=O)(=O)c1cccs1)c1ccc(S(C)(=O)=O)cc1. The molecule has 0 aliphatic heterocycles. The lowest BCUT2D eigenvalue weighted by molar-refractivity contribution is -0.120. The summed E-state index contributed by atoms with van der Waals surface area (Å²) in [4.78, 5) is 13.1. The maximum atomic E-state index is 13.4. The summed E-state index contributed by atoms with van der Waals surface area (Å²) in [5, 5.41) is 4.42. The van der Waals surface area contributed by atoms with E-state index in [0.717, 1.165) is 34.0 Å². The van der Waals surface area contributed by atoms with Gasteiger partial charge in [0.15, 0.2) is 9.84 Å². The molecule has 0 spiro atoms. The molecule has 0 fully saturated rings. The Balaban J connectivity index is 1.85. The second-order valence-corrected chi connectivity index (χ2v) is 12.3. The Morgan fingerprint density at radius 1 is 1.03 bits per heavy atom. The van der Waals surface area contributed by atoms with Crippen LogP contribution in [-0.4, -0.2) is 35.5 Å². The second-order valence-electron chi connectivity index (χ2n) is 7.29. The lowest BCUT2D eigenvalue weighted by Gasteiger charge is -2.25. The summed E-state index contributed by atoms with van der Waals surface area (Å²) in [5.74, 6) is -1.08. The topological polar surface area (TPSA) is 101 Å². The quantitative estimate of drug-likeness (QED) is 0.473. The Bertz CT molecular complexity index is 1310. The molecule has 1 unspecified atom stereocenters. The summed E-state index contributed by atoms with van der Waals surface area (Å²) in [5.41, 5.74) is 0.846. The zero-order valence-electron chi connectivity index (χ0n) is 17.9. The molecule has 0 aliphatic carbocycles. The third-order valence-corrected chi connectivity index (χ3v) is 9.17. The number of anilines is 1. The molecule has 0 radical (unpaired) electrons. The zero-order chi connectivity index (χ0) is 24.2. The van der Waals surface area contributed by atoms with Crippen LogP contribution >= 0.6 is 11.3 Å². The van der Waals surface area contributed by atoms with Gasteiger partial charge in [0.2, 0.25) is 5.91 Å². The van der Waals surface area contributed by atoms with Crippen molar-refractivity contribution in [1.29, 1.82) is 0 Å². The van der Waals surface area contributed by atoms with Crippen molar-refractivity contribution in [2.45, 2.75) is 28.5 Å². The minimum atomic E-state index is -4.05. The number of nitrogens with one attached hydrogen (secondary N) is 1. The molecule has 0 saturated carbocycles. The van der Waals surface area contributed by atoms with Gasteiger partial charge in [-0.15, -0.1) is 11.3 Å². The Kier molecular flexibility index (Phi) is 7.55. The van der Waals surface area contributed by atoms with E-state index in [1.165, 1.54) is 30.3 Å². The van der Waals surface area contributed by atoms with Gasteiger partial charge in [-0.3, -0.25) is 9.10 Å². The lowest BCUT2D eigenvalue weighted by atomic mass is 10.0. The number of rotatable bonds is 9. The van der Waals surface area contributed by atoms with E-state index in [-0.39, 0.29) is 14.8 Å². The first-order chi connectivity index (χ1) is 15.5. The molecule has 1 N–H and O–H groups in total. The van der Waals surface area contributed by atoms with Crippen LogP contribution in [0.5, 0.6) is 0 Å². The fourth-order valence-corrected chi connectivity index (χ4v) is 6.34. The lowest BCUT2D eigenvalue weighted by Crippen LogP contribution is -2.41. The van der Waals surface area contributed by atoms with Crippen LogP contribution in [0, 0.1) is 5.82 Å². The van der Waals surface area contributed by atoms with Gasteiger partial charge in [0.05, 0.1) is 16.6 Å². The largest absolute Gasteiger partial charge is 0.348 e. The number of carbonyl (C=O) groups excluding carboxylic acids is 1. The maximum absolute atomic E-state index is 13.4. The van der Waals surface area contributed by atoms with Gasteiger partial charge in [-0.05, 0) is 59.8 Å². The third-order valence-electron chi connectivity index (χ3n) is 4.90. The molecule has 0 aliphatic rings. The molecule has 1 atom stereocenters. The number of sulfone groups is 1. The summed E-state index contributed by atoms with van der Waals surface area (Å²) < 4.78 is 64.1. The summed E-state index contributed by atoms with van der Waals surface area (Å²) in [6, 6.07) is 13.6. The number of sulfonamides is 1. The van der Waals surface area contributed by atoms with E-state index in [0.29, 0.717) is 12.0 Å². The first-order valence-electron chi connectivity index (χ1n) is 9.93. The number of nitrogens with zero attached hydrogens (tertiary/aromatic N) is 1. The Labute approximate surface area is 196 Å². The highest BCUT2D eigenvalue weighted by Crippen LogP contribution is 2.27. The van der Waals surface area contributed by atoms with Crippen molar-refractivity contribution >= 4 is 42.8 Å². The van der Waals surface area contributed by atoms with Crippen molar-refractivity contribution in [2.24, 2.45) is 0 Å². The number of benzene rings is 2. The van der Waals surface area contributed by atoms with Crippen LogP contribution in [0.4, 0.5) is 10.1 Å². The molecule has 7 nitrogen and oxygen atoms in total. The van der Waals surface area contributed by atoms with Crippen molar-refractivity contribution in [3.05, 3.63) is 77.4 Å². The predicted octanol–water partition coefficient (Wildman–Crippen LogP) is 3.75. The third kappa shape index (κ3) is 5.98. The Morgan fingerprint density at radius 2 is 1.67 bits per heavy atom. The molecule has 1 heterocycles. The van der Waals surface area contributed by atoms with Crippen molar-refractivity contribution in [3.8, 4) is 0 Å². The monoisotopic (exact) mass is 510 g/mol. The minimum Gasteiger partial charge on any atom is -0.348 e. The van der Waals surface area contributed by atoms with Gasteiger partial charge in [0, 0.05) is 6.26 Å². The average Bonchev–Trinajstić information content (AvgIpc) is 3.32. The van der Waals surface area contributed by atoms with Gasteiger partial charge in [-0.2, -0.15) is 0 Å². The van der Waals surface area contributed by atoms with E-state index < -0.39 is 44.2 Å². The van der Waals surface area contributed by atoms with Gasteiger partial charge in [0.1, 0.15) is 16.6 Å². The van der Waals surface area contributed by atoms with Crippen molar-refractivity contribution in [2.75, 3.05) is 17.1 Å². The molecule has 0 bridgehead atoms. The van der Waals surface area contributed by atoms with Gasteiger partial charge >= 0.3 is 0 Å². The first kappa shape index (κ1) is 24.9. The van der Waals surface area contributed by atoms with Crippen LogP contribution in [0.3, 0.4) is 0 Å². The molecule has 0 saturated heterocycles. The first-order valence-corrected chi connectivity index (χ1v) is 14.1. The van der Waals surface area contributed by atoms with E-state index in [1.54, 1.807) is 23.6 Å². The molecular weight excluding hydrogens is 487 g/mol. The molecule has 3 aromatic rings. The van der Waals surface area contributed by atoms with Crippen LogP contribution in [0.25, 0.3) is 0 Å². The molecular formula is C22H23FN2O5S3. The molecule has 33 heavy (non-hydrogen) atoms. The van der Waals surface area contributed by atoms with E-state index in [1.807, 2.05) is 6.92 Å². The molecule has 11 heteroatoms. The van der Waals surface area contributed by atoms with Crippen molar-refractivity contribution in [3.63, 3.8) is 0 Å². The number of thiophene rings is 1. The number of halogens is 1. The highest BCUT2D eigenvalue weighted by atomic mass is 32.2. The Morgan fingerprint density at radius 3 is 2.18 bits per heavy atom. The zero-order valence-corrected chi connectivity index (χ0v) is 20.4. The summed E-state index contributed by atoms with van der Waals surface area (Å²) in [6.45, 7) is 1.33. The highest BCUT2D eigenvalue weighted by molar-refractivity contribution is 7.94. The molecule has 1 aromatic heterocycles. The minimum absolute atomic E-state index is 0.0584. The van der Waals surface area contributed by atoms with E-state index in [2.05, 4.69) is 5.32 Å². The van der Waals surface area contributed by atoms with Gasteiger partial charge in [0.25, 0.3) is 10.0 Å². The smallest absolute Gasteiger partial charge is 0.274 e. The number of amides is 1. The van der Waals surface area contributed by atoms with Crippen molar-refractivity contribution < 1.29 is 26.0 Å². The van der Waals surface area contributed by atoms with Crippen LogP contribution in [-0.2, 0) is 24.7 Å².